The number of pyridine rings is 1. The zero-order valence-electron chi connectivity index (χ0n) is 17.3. The van der Waals surface area contributed by atoms with E-state index in [4.69, 9.17) is 22.1 Å². The highest BCUT2D eigenvalue weighted by molar-refractivity contribution is 6.35. The Balaban J connectivity index is 1.67. The van der Waals surface area contributed by atoms with Crippen LogP contribution in [0, 0.1) is 0 Å². The summed E-state index contributed by atoms with van der Waals surface area (Å²) >= 11 is 6.53. The van der Waals surface area contributed by atoms with E-state index in [-0.39, 0.29) is 17.6 Å². The number of carbonyl (C=O) groups is 1. The Kier molecular flexibility index (Phi) is 5.45. The number of ether oxygens (including phenoxy) is 1. The molecule has 32 heavy (non-hydrogen) atoms. The number of esters is 1. The highest BCUT2D eigenvalue weighted by Crippen LogP contribution is 2.35. The molecule has 1 fully saturated rings. The van der Waals surface area contributed by atoms with Crippen LogP contribution in [0.2, 0.25) is 5.02 Å². The van der Waals surface area contributed by atoms with E-state index in [1.807, 2.05) is 48.5 Å². The Morgan fingerprint density at radius 2 is 1.72 bits per heavy atom. The molecule has 2 aromatic carbocycles. The molecule has 0 unspecified atom stereocenters. The maximum atomic E-state index is 12.9. The molecule has 2 N–H and O–H groups in total. The molecule has 2 aromatic heterocycles. The van der Waals surface area contributed by atoms with Gasteiger partial charge in [-0.25, -0.2) is 14.8 Å². The van der Waals surface area contributed by atoms with Gasteiger partial charge in [-0.05, 0) is 43.9 Å². The first-order valence-corrected chi connectivity index (χ1v) is 11.0. The molecule has 1 saturated carbocycles. The first-order chi connectivity index (χ1) is 15.6. The average molecular weight is 445 g/mol. The molecule has 0 bridgehead atoms. The van der Waals surface area contributed by atoms with Gasteiger partial charge in [-0.1, -0.05) is 48.0 Å². The van der Waals surface area contributed by atoms with Crippen molar-refractivity contribution >= 4 is 34.3 Å². The number of benzene rings is 2. The SMILES string of the molecule is Nc1nc(-c2ccccc2)c(-c2cc(Cl)c3ncccc3c2)nc1C(=O)OC1CCCC1. The van der Waals surface area contributed by atoms with Gasteiger partial charge in [0.05, 0.1) is 21.9 Å². The van der Waals surface area contributed by atoms with E-state index in [9.17, 15) is 4.79 Å². The van der Waals surface area contributed by atoms with E-state index >= 15 is 0 Å². The number of nitrogen functional groups attached to an aromatic ring is 1. The predicted octanol–water partition coefficient (Wildman–Crippen LogP) is 5.69. The Labute approximate surface area is 190 Å². The van der Waals surface area contributed by atoms with Crippen molar-refractivity contribution in [1.29, 1.82) is 0 Å². The van der Waals surface area contributed by atoms with Crippen LogP contribution < -0.4 is 5.73 Å². The topological polar surface area (TPSA) is 91.0 Å². The van der Waals surface area contributed by atoms with E-state index in [0.717, 1.165) is 42.2 Å². The van der Waals surface area contributed by atoms with Crippen LogP contribution in [0.5, 0.6) is 0 Å². The Morgan fingerprint density at radius 3 is 2.50 bits per heavy atom. The lowest BCUT2D eigenvalue weighted by Gasteiger charge is -2.15. The van der Waals surface area contributed by atoms with E-state index < -0.39 is 5.97 Å². The van der Waals surface area contributed by atoms with E-state index in [0.29, 0.717) is 21.9 Å². The fourth-order valence-corrected chi connectivity index (χ4v) is 4.37. The molecule has 0 saturated heterocycles. The second-order valence-corrected chi connectivity index (χ2v) is 8.27. The molecule has 7 heteroatoms. The minimum Gasteiger partial charge on any atom is -0.458 e. The highest BCUT2D eigenvalue weighted by Gasteiger charge is 2.25. The lowest BCUT2D eigenvalue weighted by atomic mass is 10.0. The molecule has 0 aliphatic heterocycles. The maximum Gasteiger partial charge on any atom is 0.361 e. The van der Waals surface area contributed by atoms with Crippen molar-refractivity contribution in [2.75, 3.05) is 5.73 Å². The van der Waals surface area contributed by atoms with Gasteiger partial charge in [-0.3, -0.25) is 4.98 Å². The van der Waals surface area contributed by atoms with Gasteiger partial charge in [-0.2, -0.15) is 0 Å². The van der Waals surface area contributed by atoms with Crippen molar-refractivity contribution in [3.8, 4) is 22.5 Å². The molecule has 0 atom stereocenters. The smallest absolute Gasteiger partial charge is 0.361 e. The lowest BCUT2D eigenvalue weighted by molar-refractivity contribution is 0.0312. The van der Waals surface area contributed by atoms with E-state index in [2.05, 4.69) is 15.0 Å². The van der Waals surface area contributed by atoms with Crippen molar-refractivity contribution < 1.29 is 9.53 Å². The first-order valence-electron chi connectivity index (χ1n) is 10.6. The van der Waals surface area contributed by atoms with Crippen LogP contribution >= 0.6 is 11.6 Å². The number of carbonyl (C=O) groups excluding carboxylic acids is 1. The number of rotatable bonds is 4. The normalized spacial score (nSPS) is 14.0. The second-order valence-electron chi connectivity index (χ2n) is 7.87. The molecule has 160 valence electrons. The maximum absolute atomic E-state index is 12.9. The molecule has 0 radical (unpaired) electrons. The van der Waals surface area contributed by atoms with Crippen LogP contribution in [0.3, 0.4) is 0 Å². The molecule has 2 heterocycles. The summed E-state index contributed by atoms with van der Waals surface area (Å²) < 4.78 is 5.65. The number of halogens is 1. The zero-order valence-corrected chi connectivity index (χ0v) is 18.0. The van der Waals surface area contributed by atoms with Crippen molar-refractivity contribution in [2.24, 2.45) is 0 Å². The monoisotopic (exact) mass is 444 g/mol. The molecular formula is C25H21ClN4O2. The van der Waals surface area contributed by atoms with Crippen molar-refractivity contribution in [3.63, 3.8) is 0 Å². The standard InChI is InChI=1S/C25H21ClN4O2/c26-19-14-17(13-16-9-6-12-28-20(16)19)22-21(15-7-2-1-3-8-15)30-24(27)23(29-22)25(31)32-18-10-4-5-11-18/h1-3,6-9,12-14,18H,4-5,10-11H2,(H2,27,30). The summed E-state index contributed by atoms with van der Waals surface area (Å²) in [7, 11) is 0. The van der Waals surface area contributed by atoms with Crippen molar-refractivity contribution in [2.45, 2.75) is 31.8 Å². The van der Waals surface area contributed by atoms with Gasteiger partial charge < -0.3 is 10.5 Å². The fourth-order valence-electron chi connectivity index (χ4n) is 4.10. The Hall–Kier alpha value is -3.51. The van der Waals surface area contributed by atoms with E-state index in [1.165, 1.54) is 0 Å². The number of anilines is 1. The van der Waals surface area contributed by atoms with Gasteiger partial charge in [0.15, 0.2) is 11.5 Å². The van der Waals surface area contributed by atoms with Gasteiger partial charge >= 0.3 is 5.97 Å². The number of hydrogen-bond donors (Lipinski definition) is 1. The van der Waals surface area contributed by atoms with Crippen LogP contribution in [0.4, 0.5) is 5.82 Å². The van der Waals surface area contributed by atoms with Crippen LogP contribution in [0.25, 0.3) is 33.4 Å². The van der Waals surface area contributed by atoms with Gasteiger partial charge in [0.2, 0.25) is 0 Å². The quantitative estimate of drug-likeness (QED) is 0.406. The molecular weight excluding hydrogens is 424 g/mol. The number of hydrogen-bond acceptors (Lipinski definition) is 6. The van der Waals surface area contributed by atoms with Crippen LogP contribution in [-0.4, -0.2) is 27.0 Å². The number of nitrogens with two attached hydrogens (primary N) is 1. The zero-order chi connectivity index (χ0) is 22.1. The van der Waals surface area contributed by atoms with Gasteiger partial charge in [0.25, 0.3) is 0 Å². The van der Waals surface area contributed by atoms with Crippen molar-refractivity contribution in [1.82, 2.24) is 15.0 Å². The third-order valence-electron chi connectivity index (χ3n) is 5.67. The summed E-state index contributed by atoms with van der Waals surface area (Å²) in [5, 5.41) is 1.36. The summed E-state index contributed by atoms with van der Waals surface area (Å²) in [5.41, 5.74) is 9.54. The predicted molar refractivity (Wildman–Crippen MR) is 125 cm³/mol. The van der Waals surface area contributed by atoms with Crippen LogP contribution in [-0.2, 0) is 4.74 Å². The van der Waals surface area contributed by atoms with Gasteiger partial charge in [0, 0.05) is 22.7 Å². The molecule has 5 rings (SSSR count). The van der Waals surface area contributed by atoms with Gasteiger partial charge in [0.1, 0.15) is 6.10 Å². The minimum absolute atomic E-state index is 0.0222. The summed E-state index contributed by atoms with van der Waals surface area (Å²) in [6.07, 6.45) is 5.44. The van der Waals surface area contributed by atoms with E-state index in [1.54, 1.807) is 12.3 Å². The number of nitrogens with zero attached hydrogens (tertiary/aromatic N) is 3. The highest BCUT2D eigenvalue weighted by atomic mass is 35.5. The molecule has 0 amide bonds. The average Bonchev–Trinajstić information content (AvgIpc) is 3.32. The third kappa shape index (κ3) is 3.89. The first kappa shape index (κ1) is 20.4. The summed E-state index contributed by atoms with van der Waals surface area (Å²) in [5.74, 6) is -0.500. The molecule has 6 nitrogen and oxygen atoms in total. The fraction of sp³-hybridized carbons (Fsp3) is 0.200. The molecule has 0 spiro atoms. The molecule has 4 aromatic rings. The second kappa shape index (κ2) is 8.55. The Bertz CT molecular complexity index is 1300. The summed E-state index contributed by atoms with van der Waals surface area (Å²) in [6.45, 7) is 0. The van der Waals surface area contributed by atoms with Crippen LogP contribution in [0.1, 0.15) is 36.2 Å². The largest absolute Gasteiger partial charge is 0.458 e. The summed E-state index contributed by atoms with van der Waals surface area (Å²) in [6, 6.07) is 17.1. The van der Waals surface area contributed by atoms with Crippen LogP contribution in [0.15, 0.2) is 60.8 Å². The minimum atomic E-state index is -0.545. The Morgan fingerprint density at radius 1 is 0.969 bits per heavy atom. The van der Waals surface area contributed by atoms with Crippen molar-refractivity contribution in [3.05, 3.63) is 71.5 Å². The third-order valence-corrected chi connectivity index (χ3v) is 5.96. The van der Waals surface area contributed by atoms with Gasteiger partial charge in [-0.15, -0.1) is 0 Å². The number of fused-ring (bicyclic) bond motifs is 1. The molecule has 1 aliphatic carbocycles. The number of aromatic nitrogens is 3. The lowest BCUT2D eigenvalue weighted by Crippen LogP contribution is -2.19. The molecule has 1 aliphatic rings. The summed E-state index contributed by atoms with van der Waals surface area (Å²) in [4.78, 5) is 26.5.